The molecule has 0 aromatic heterocycles. The van der Waals surface area contributed by atoms with E-state index < -0.39 is 8.32 Å². The lowest BCUT2D eigenvalue weighted by Crippen LogP contribution is -2.57. The largest absolute Gasteiger partial charge is 0.413 e. The SMILES string of the molecule is C.C.CNC[C@@H]1C=CC2=CC3=CC[C@]4(C)C(=O)CC[C@H]4[C@@]34CC[C@]2(C1)O4.CNC[C@H]1C[C@@]23CC[C@@]4(O2)C(=CC3=C[C@@H]1O)CC[C@]1(C)[C@@H](O[Si](C)(C)C(C)(C)C)CC[C@H]14. The molecule has 8 heteroatoms. The maximum absolute atomic E-state index is 12.6. The predicted octanol–water partition coefficient (Wildman–Crippen LogP) is 9.94. The lowest BCUT2D eigenvalue weighted by Gasteiger charge is -2.56. The van der Waals surface area contributed by atoms with Crippen LogP contribution in [0.4, 0.5) is 0 Å². The number of hydrogen-bond acceptors (Lipinski definition) is 7. The van der Waals surface area contributed by atoms with Crippen molar-refractivity contribution in [3.05, 3.63) is 58.7 Å². The second-order valence-corrected chi connectivity index (χ2v) is 26.8. The Morgan fingerprint density at radius 2 is 1.53 bits per heavy atom. The van der Waals surface area contributed by atoms with E-state index in [1.807, 2.05) is 14.1 Å². The topological polar surface area (TPSA) is 89.1 Å². The average molecular weight is 817 g/mol. The second kappa shape index (κ2) is 14.7. The Kier molecular flexibility index (Phi) is 11.3. The van der Waals surface area contributed by atoms with Crippen LogP contribution in [-0.4, -0.2) is 81.0 Å². The fourth-order valence-corrected chi connectivity index (χ4v) is 15.5. The van der Waals surface area contributed by atoms with Crippen LogP contribution >= 0.6 is 0 Å². The standard InChI is InChI=1S/C27H45NO3Si.C21H27NO2.2CH4/c1-24(2,3)32(6,7)30-23-9-8-22-25(23,4)11-10-19-14-20-15-21(29)18(17-28-5)16-26(20)12-13-27(19,22)31-26;1-19-8-7-16-11-15-4-3-14(13-22-2)12-20(15)9-10-21(16,24-20)17(19)5-6-18(19)23;;/h14-15,18,21-23,28-29H,8-13,16-17H2,1-7H3;3-4,7,11,14,17,22H,5-6,8-10,12-13H2,1-2H3;2*1H4/t18-,21+,22-,23+,25+,26-,27-;14-,17-,19+,20-,21-;;/m11../s1. The summed E-state index contributed by atoms with van der Waals surface area (Å²) < 4.78 is 21.4. The fourth-order valence-electron chi connectivity index (χ4n) is 14.0. The molecule has 7 nitrogen and oxygen atoms in total. The number of aliphatic hydroxyl groups excluding tert-OH is 1. The number of ether oxygens (including phenoxy) is 2. The van der Waals surface area contributed by atoms with E-state index in [4.69, 9.17) is 13.9 Å². The van der Waals surface area contributed by atoms with Crippen LogP contribution in [0.2, 0.25) is 18.1 Å². The van der Waals surface area contributed by atoms with Gasteiger partial charge in [-0.25, -0.2) is 0 Å². The fraction of sp³-hybridized carbons (Fsp3) is 0.780. The van der Waals surface area contributed by atoms with Crippen molar-refractivity contribution in [2.45, 2.75) is 186 Å². The molecule has 6 aliphatic carbocycles. The molecule has 324 valence electrons. The number of aliphatic hydroxyl groups is 1. The number of rotatable bonds is 6. The molecule has 4 bridgehead atoms. The maximum atomic E-state index is 12.6. The quantitative estimate of drug-likeness (QED) is 0.230. The predicted molar refractivity (Wildman–Crippen MR) is 239 cm³/mol. The van der Waals surface area contributed by atoms with Gasteiger partial charge in [0.1, 0.15) is 5.78 Å². The van der Waals surface area contributed by atoms with Crippen LogP contribution in [-0.2, 0) is 18.7 Å². The summed E-state index contributed by atoms with van der Waals surface area (Å²) in [4.78, 5) is 12.6. The highest BCUT2D eigenvalue weighted by atomic mass is 28.4. The Hall–Kier alpha value is -1.65. The van der Waals surface area contributed by atoms with E-state index in [1.165, 1.54) is 41.6 Å². The number of carbonyl (C=O) groups excluding carboxylic acids is 1. The number of carbonyl (C=O) groups is 1. The Morgan fingerprint density at radius 1 is 0.845 bits per heavy atom. The second-order valence-electron chi connectivity index (χ2n) is 22.1. The molecule has 58 heavy (non-hydrogen) atoms. The van der Waals surface area contributed by atoms with E-state index in [9.17, 15) is 9.90 Å². The van der Waals surface area contributed by atoms with Crippen LogP contribution in [0.3, 0.4) is 0 Å². The minimum absolute atomic E-state index is 0. The number of hydrogen-bond donors (Lipinski definition) is 3. The van der Waals surface area contributed by atoms with Gasteiger partial charge in [-0.3, -0.25) is 4.79 Å². The summed E-state index contributed by atoms with van der Waals surface area (Å²) in [5.74, 6) is 2.12. The number of allylic oxidation sites excluding steroid dienone is 1. The van der Waals surface area contributed by atoms with Crippen molar-refractivity contribution >= 4 is 14.1 Å². The first-order valence-electron chi connectivity index (χ1n) is 22.5. The van der Waals surface area contributed by atoms with Gasteiger partial charge in [0, 0.05) is 36.8 Å². The van der Waals surface area contributed by atoms with Gasteiger partial charge in [-0.2, -0.15) is 0 Å². The van der Waals surface area contributed by atoms with Gasteiger partial charge in [-0.1, -0.05) is 79.9 Å². The van der Waals surface area contributed by atoms with Crippen LogP contribution in [0.15, 0.2) is 58.7 Å². The third kappa shape index (κ3) is 6.25. The zero-order valence-corrected chi connectivity index (χ0v) is 37.1. The molecule has 4 aliphatic heterocycles. The minimum Gasteiger partial charge on any atom is -0.413 e. The molecule has 2 saturated heterocycles. The molecule has 4 spiro atoms. The normalized spacial score (nSPS) is 45.2. The molecule has 10 rings (SSSR count). The summed E-state index contributed by atoms with van der Waals surface area (Å²) >= 11 is 0. The summed E-state index contributed by atoms with van der Waals surface area (Å²) in [5, 5.41) is 17.6. The number of ketones is 1. The minimum atomic E-state index is -1.82. The highest BCUT2D eigenvalue weighted by molar-refractivity contribution is 6.74. The van der Waals surface area contributed by atoms with Crippen LogP contribution in [0, 0.1) is 34.5 Å². The molecule has 5 fully saturated rings. The van der Waals surface area contributed by atoms with E-state index in [0.29, 0.717) is 29.6 Å². The smallest absolute Gasteiger partial charge is 0.192 e. The first kappa shape index (κ1) is 44.4. The monoisotopic (exact) mass is 817 g/mol. The summed E-state index contributed by atoms with van der Waals surface area (Å²) in [6.45, 7) is 18.4. The van der Waals surface area contributed by atoms with Crippen molar-refractivity contribution in [3.63, 3.8) is 0 Å². The molecule has 10 aliphatic rings. The molecule has 3 N–H and O–H groups in total. The Balaban J connectivity index is 0.000000177. The van der Waals surface area contributed by atoms with E-state index in [0.717, 1.165) is 77.3 Å². The van der Waals surface area contributed by atoms with Crippen molar-refractivity contribution in [1.29, 1.82) is 0 Å². The van der Waals surface area contributed by atoms with E-state index >= 15 is 0 Å². The maximum Gasteiger partial charge on any atom is 0.192 e. The third-order valence-corrected chi connectivity index (χ3v) is 22.6. The van der Waals surface area contributed by atoms with Gasteiger partial charge in [0.05, 0.1) is 34.6 Å². The lowest BCUT2D eigenvalue weighted by atomic mass is 9.58. The van der Waals surface area contributed by atoms with E-state index in [2.05, 4.69) is 94.8 Å². The van der Waals surface area contributed by atoms with Crippen LogP contribution in [0.5, 0.6) is 0 Å². The van der Waals surface area contributed by atoms with Crippen molar-refractivity contribution in [1.82, 2.24) is 10.6 Å². The van der Waals surface area contributed by atoms with Gasteiger partial charge in [-0.05, 0) is 155 Å². The summed E-state index contributed by atoms with van der Waals surface area (Å²) in [7, 11) is 2.18. The highest BCUT2D eigenvalue weighted by Crippen LogP contribution is 2.69. The molecule has 0 aromatic carbocycles. The Bertz CT molecular complexity index is 1810. The van der Waals surface area contributed by atoms with Crippen LogP contribution in [0.25, 0.3) is 0 Å². The molecule has 0 radical (unpaired) electrons. The van der Waals surface area contributed by atoms with E-state index in [1.54, 1.807) is 0 Å². The van der Waals surface area contributed by atoms with Gasteiger partial charge in [0.15, 0.2) is 8.32 Å². The Morgan fingerprint density at radius 3 is 2.24 bits per heavy atom. The molecule has 4 heterocycles. The molecule has 12 atom stereocenters. The van der Waals surface area contributed by atoms with Crippen molar-refractivity contribution in [3.8, 4) is 0 Å². The molecule has 0 aromatic rings. The third-order valence-electron chi connectivity index (χ3n) is 18.1. The zero-order valence-electron chi connectivity index (χ0n) is 36.1. The summed E-state index contributed by atoms with van der Waals surface area (Å²) in [5.41, 5.74) is 4.87. The molecule has 0 amide bonds. The van der Waals surface area contributed by atoms with Crippen LogP contribution in [0.1, 0.15) is 133 Å². The van der Waals surface area contributed by atoms with Gasteiger partial charge in [0.25, 0.3) is 0 Å². The zero-order chi connectivity index (χ0) is 39.7. The van der Waals surface area contributed by atoms with Gasteiger partial charge in [-0.15, -0.1) is 0 Å². The van der Waals surface area contributed by atoms with Crippen LogP contribution < -0.4 is 10.6 Å². The van der Waals surface area contributed by atoms with Crippen molar-refractivity contribution in [2.24, 2.45) is 34.5 Å². The van der Waals surface area contributed by atoms with Gasteiger partial charge in [0.2, 0.25) is 0 Å². The van der Waals surface area contributed by atoms with Gasteiger partial charge >= 0.3 is 0 Å². The molecular weight excluding hydrogens is 737 g/mol. The lowest BCUT2D eigenvalue weighted by molar-refractivity contribution is -0.155. The number of fused-ring (bicyclic) bond motifs is 2. The van der Waals surface area contributed by atoms with Crippen molar-refractivity contribution < 1.29 is 23.8 Å². The highest BCUT2D eigenvalue weighted by Gasteiger charge is 2.69. The molecule has 3 saturated carbocycles. The summed E-state index contributed by atoms with van der Waals surface area (Å²) in [6.07, 6.45) is 27.6. The first-order chi connectivity index (χ1) is 26.4. The van der Waals surface area contributed by atoms with E-state index in [-0.39, 0.29) is 65.1 Å². The van der Waals surface area contributed by atoms with Crippen molar-refractivity contribution in [2.75, 3.05) is 27.2 Å². The number of nitrogens with one attached hydrogen (secondary N) is 2. The average Bonchev–Trinajstić information content (AvgIpc) is 3.84. The summed E-state index contributed by atoms with van der Waals surface area (Å²) in [6, 6.07) is 0. The Labute approximate surface area is 353 Å². The number of Topliss-reactive ketones (excluding diaryl/α,β-unsaturated/α-hetero) is 1. The molecular formula is C50H80N2O5Si. The molecule has 0 unspecified atom stereocenters. The van der Waals surface area contributed by atoms with Gasteiger partial charge < -0.3 is 29.6 Å². The first-order valence-corrected chi connectivity index (χ1v) is 25.4.